The molecule has 130 valence electrons. The summed E-state index contributed by atoms with van der Waals surface area (Å²) in [7, 11) is 1.75. The summed E-state index contributed by atoms with van der Waals surface area (Å²) in [6.07, 6.45) is -0.0138. The minimum atomic E-state index is -0.765. The maximum absolute atomic E-state index is 12.2. The van der Waals surface area contributed by atoms with E-state index in [2.05, 4.69) is 9.97 Å². The molecule has 0 spiro atoms. The van der Waals surface area contributed by atoms with Crippen molar-refractivity contribution in [1.29, 1.82) is 0 Å². The molecule has 4 N–H and O–H groups in total. The minimum Gasteiger partial charge on any atom is -0.394 e. The lowest BCUT2D eigenvalue weighted by atomic mass is 10.0. The van der Waals surface area contributed by atoms with Gasteiger partial charge in [-0.25, -0.2) is 4.98 Å². The molecule has 2 aromatic rings. The van der Waals surface area contributed by atoms with Gasteiger partial charge in [0.25, 0.3) is 5.56 Å². The Kier molecular flexibility index (Phi) is 3.26. The van der Waals surface area contributed by atoms with Gasteiger partial charge in [-0.1, -0.05) is 0 Å². The highest BCUT2D eigenvalue weighted by Crippen LogP contribution is 2.46. The van der Waals surface area contributed by atoms with Crippen LogP contribution < -0.4 is 11.3 Å². The molecule has 0 radical (unpaired) electrons. The quantitative estimate of drug-likeness (QED) is 0.693. The zero-order valence-corrected chi connectivity index (χ0v) is 13.6. The average molecular weight is 336 g/mol. The summed E-state index contributed by atoms with van der Waals surface area (Å²) in [5, 5.41) is 9.60. The van der Waals surface area contributed by atoms with Gasteiger partial charge in [-0.2, -0.15) is 0 Å². The summed E-state index contributed by atoms with van der Waals surface area (Å²) in [5.74, 6) is -0.726. The Balaban J connectivity index is 1.84. The Morgan fingerprint density at radius 1 is 1.42 bits per heavy atom. The molecule has 4 rings (SSSR count). The Bertz CT molecular complexity index is 857. The molecule has 0 bridgehead atoms. The number of aliphatic hydroxyl groups is 1. The van der Waals surface area contributed by atoms with Crippen LogP contribution in [-0.2, 0) is 21.3 Å². The van der Waals surface area contributed by atoms with Gasteiger partial charge in [-0.3, -0.25) is 9.78 Å². The maximum Gasteiger partial charge on any atom is 0.276 e. The fourth-order valence-corrected chi connectivity index (χ4v) is 3.63. The molecule has 0 aromatic carbocycles. The first-order chi connectivity index (χ1) is 11.3. The molecule has 24 heavy (non-hydrogen) atoms. The Morgan fingerprint density at radius 2 is 2.12 bits per heavy atom. The number of nitrogens with one attached hydrogen (secondary N) is 1. The molecular weight excluding hydrogens is 316 g/mol. The molecule has 2 aliphatic heterocycles. The van der Waals surface area contributed by atoms with Gasteiger partial charge in [0.1, 0.15) is 35.4 Å². The first-order valence-electron chi connectivity index (χ1n) is 7.77. The number of hydrogen-bond donors (Lipinski definition) is 3. The number of aryl methyl sites for hydroxylation is 1. The zero-order chi connectivity index (χ0) is 17.2. The van der Waals surface area contributed by atoms with Gasteiger partial charge in [0.15, 0.2) is 5.79 Å². The molecule has 9 heteroatoms. The number of aliphatic hydroxyl groups excluding tert-OH is 1. The average Bonchev–Trinajstić information content (AvgIpc) is 3.07. The van der Waals surface area contributed by atoms with E-state index in [9.17, 15) is 9.90 Å². The zero-order valence-electron chi connectivity index (χ0n) is 13.6. The number of hydrogen-bond acceptors (Lipinski definition) is 7. The molecule has 2 saturated heterocycles. The third-order valence-electron chi connectivity index (χ3n) is 4.51. The highest BCUT2D eigenvalue weighted by molar-refractivity contribution is 5.80. The number of H-pyrrole nitrogens is 1. The second kappa shape index (κ2) is 5.03. The summed E-state index contributed by atoms with van der Waals surface area (Å²) in [6.45, 7) is 3.46. The van der Waals surface area contributed by atoms with Crippen LogP contribution in [0.2, 0.25) is 0 Å². The van der Waals surface area contributed by atoms with Gasteiger partial charge in [0.05, 0.1) is 6.61 Å². The summed E-state index contributed by atoms with van der Waals surface area (Å²) >= 11 is 0. The first-order valence-corrected chi connectivity index (χ1v) is 7.77. The lowest BCUT2D eigenvalue weighted by Crippen LogP contribution is -2.31. The number of aromatic nitrogens is 3. The summed E-state index contributed by atoms with van der Waals surface area (Å²) in [4.78, 5) is 18.9. The fraction of sp³-hybridized carbons (Fsp3) is 0.600. The molecule has 2 aromatic heterocycles. The Morgan fingerprint density at radius 3 is 2.83 bits per heavy atom. The van der Waals surface area contributed by atoms with E-state index < -0.39 is 24.1 Å². The van der Waals surface area contributed by atoms with E-state index in [4.69, 9.17) is 19.9 Å². The van der Waals surface area contributed by atoms with Crippen molar-refractivity contribution in [1.82, 2.24) is 14.5 Å². The van der Waals surface area contributed by atoms with Crippen molar-refractivity contribution in [2.24, 2.45) is 7.05 Å². The maximum atomic E-state index is 12.2. The predicted octanol–water partition coefficient (Wildman–Crippen LogP) is -0.204. The van der Waals surface area contributed by atoms with Crippen LogP contribution in [0, 0.1) is 0 Å². The van der Waals surface area contributed by atoms with Crippen molar-refractivity contribution in [2.75, 3.05) is 12.3 Å². The second-order valence-corrected chi connectivity index (χ2v) is 6.69. The molecule has 2 fully saturated rings. The van der Waals surface area contributed by atoms with Crippen molar-refractivity contribution in [3.05, 3.63) is 22.1 Å². The van der Waals surface area contributed by atoms with E-state index in [0.29, 0.717) is 16.6 Å². The first kappa shape index (κ1) is 15.6. The molecule has 9 nitrogen and oxygen atoms in total. The lowest BCUT2D eigenvalue weighted by molar-refractivity contribution is -0.190. The van der Waals surface area contributed by atoms with Crippen molar-refractivity contribution >= 4 is 17.0 Å². The molecule has 0 unspecified atom stereocenters. The number of nitrogens with two attached hydrogens (primary N) is 1. The molecule has 0 aliphatic carbocycles. The minimum absolute atomic E-state index is 0.0390. The number of ether oxygens (including phenoxy) is 3. The molecule has 4 atom stereocenters. The predicted molar refractivity (Wildman–Crippen MR) is 84.3 cm³/mol. The summed E-state index contributed by atoms with van der Waals surface area (Å²) in [5.41, 5.74) is 6.94. The molecule has 0 amide bonds. The van der Waals surface area contributed by atoms with Crippen LogP contribution in [0.15, 0.2) is 11.0 Å². The highest BCUT2D eigenvalue weighted by Gasteiger charge is 2.55. The van der Waals surface area contributed by atoms with Gasteiger partial charge < -0.3 is 29.6 Å². The van der Waals surface area contributed by atoms with E-state index in [0.717, 1.165) is 0 Å². The van der Waals surface area contributed by atoms with E-state index >= 15 is 0 Å². The van der Waals surface area contributed by atoms with Crippen LogP contribution in [0.4, 0.5) is 5.95 Å². The Labute approximate surface area is 137 Å². The number of rotatable bonds is 2. The van der Waals surface area contributed by atoms with Crippen molar-refractivity contribution in [3.63, 3.8) is 0 Å². The van der Waals surface area contributed by atoms with Crippen molar-refractivity contribution in [2.45, 2.75) is 44.1 Å². The smallest absolute Gasteiger partial charge is 0.276 e. The third-order valence-corrected chi connectivity index (χ3v) is 4.51. The third kappa shape index (κ3) is 2.16. The van der Waals surface area contributed by atoms with Crippen molar-refractivity contribution in [3.8, 4) is 0 Å². The van der Waals surface area contributed by atoms with Gasteiger partial charge in [0.2, 0.25) is 5.95 Å². The second-order valence-electron chi connectivity index (χ2n) is 6.69. The number of nitrogen functional groups attached to an aromatic ring is 1. The lowest BCUT2D eigenvalue weighted by Gasteiger charge is -2.23. The van der Waals surface area contributed by atoms with Gasteiger partial charge in [-0.15, -0.1) is 0 Å². The molecule has 4 heterocycles. The number of anilines is 1. The molecule has 0 saturated carbocycles. The SMILES string of the molecule is Cn1cc([C@@H]2O[C@H](CO)[C@H]3OC(C)(C)O[C@H]32)c2nc(N)[nH]c(=O)c21. The monoisotopic (exact) mass is 336 g/mol. The largest absolute Gasteiger partial charge is 0.394 e. The summed E-state index contributed by atoms with van der Waals surface area (Å²) < 4.78 is 19.5. The van der Waals surface area contributed by atoms with E-state index in [1.54, 1.807) is 17.8 Å². The van der Waals surface area contributed by atoms with Crippen molar-refractivity contribution < 1.29 is 19.3 Å². The number of aromatic amines is 1. The highest BCUT2D eigenvalue weighted by atomic mass is 16.8. The molecular formula is C15H20N4O5. The van der Waals surface area contributed by atoms with Crippen LogP contribution >= 0.6 is 0 Å². The van der Waals surface area contributed by atoms with Crippen LogP contribution in [-0.4, -0.2) is 50.3 Å². The number of fused-ring (bicyclic) bond motifs is 2. The van der Waals surface area contributed by atoms with E-state index in [1.807, 2.05) is 13.8 Å². The van der Waals surface area contributed by atoms with E-state index in [1.165, 1.54) is 0 Å². The van der Waals surface area contributed by atoms with E-state index in [-0.39, 0.29) is 24.2 Å². The Hall–Kier alpha value is -1.94. The van der Waals surface area contributed by atoms with Crippen LogP contribution in [0.25, 0.3) is 11.0 Å². The fourth-order valence-electron chi connectivity index (χ4n) is 3.63. The van der Waals surface area contributed by atoms with Crippen LogP contribution in [0.1, 0.15) is 25.5 Å². The standard InChI is InChI=1S/C15H20N4O5/c1-15(2)23-11-7(5-20)22-10(12(11)24-15)6-4-19(3)9-8(6)17-14(16)18-13(9)21/h4,7,10-12,20H,5H2,1-3H3,(H3,16,17,18,21)/t7-,10+,11-,12+/m1/s1. The van der Waals surface area contributed by atoms with Crippen LogP contribution in [0.5, 0.6) is 0 Å². The topological polar surface area (TPSA) is 125 Å². The number of nitrogens with zero attached hydrogens (tertiary/aromatic N) is 2. The van der Waals surface area contributed by atoms with Gasteiger partial charge in [0, 0.05) is 18.8 Å². The van der Waals surface area contributed by atoms with Crippen LogP contribution in [0.3, 0.4) is 0 Å². The molecule has 2 aliphatic rings. The van der Waals surface area contributed by atoms with Gasteiger partial charge in [-0.05, 0) is 13.8 Å². The normalized spacial score (nSPS) is 31.7. The van der Waals surface area contributed by atoms with Gasteiger partial charge >= 0.3 is 0 Å². The summed E-state index contributed by atoms with van der Waals surface area (Å²) in [6, 6.07) is 0.